The summed E-state index contributed by atoms with van der Waals surface area (Å²) in [4.78, 5) is 3.50. The van der Waals surface area contributed by atoms with Crippen molar-refractivity contribution in [3.63, 3.8) is 0 Å². The summed E-state index contributed by atoms with van der Waals surface area (Å²) < 4.78 is 0. The van der Waals surface area contributed by atoms with Crippen LogP contribution in [0.25, 0.3) is 0 Å². The van der Waals surface area contributed by atoms with Gasteiger partial charge in [0.25, 0.3) is 0 Å². The van der Waals surface area contributed by atoms with Gasteiger partial charge in [-0.2, -0.15) is 0 Å². The third kappa shape index (κ3) is 15.6. The number of hydrogen-bond donors (Lipinski definition) is 3. The van der Waals surface area contributed by atoms with Crippen molar-refractivity contribution in [1.82, 2.24) is 10.6 Å². The molecule has 0 aromatic rings. The Morgan fingerprint density at radius 2 is 1.05 bits per heavy atom. The lowest BCUT2D eigenvalue weighted by Gasteiger charge is -2.21. The minimum atomic E-state index is 0. The van der Waals surface area contributed by atoms with E-state index in [-0.39, 0.29) is 28.7 Å². The quantitative estimate of drug-likeness (QED) is 0.450. The molecule has 0 bridgehead atoms. The summed E-state index contributed by atoms with van der Waals surface area (Å²) in [5.41, 5.74) is 0.828. The molecule has 0 aromatic carbocycles. The molecule has 3 N–H and O–H groups in total. The molecule has 0 rings (SSSR count). The van der Waals surface area contributed by atoms with Gasteiger partial charge in [-0.25, -0.2) is 0 Å². The molecular formula is C16H36ClN3. The third-order valence-electron chi connectivity index (χ3n) is 2.39. The fraction of sp³-hybridized carbons (Fsp3) is 0.938. The summed E-state index contributed by atoms with van der Waals surface area (Å²) in [7, 11) is 0. The summed E-state index contributed by atoms with van der Waals surface area (Å²) >= 11 is 0. The second-order valence-electron chi connectivity index (χ2n) is 9.12. The Bertz CT molecular complexity index is 270. The smallest absolute Gasteiger partial charge is 0.343 e. The molecule has 0 aliphatic rings. The van der Waals surface area contributed by atoms with Gasteiger partial charge in [0.2, 0.25) is 0 Å². The molecule has 0 spiro atoms. The Kier molecular flexibility index (Phi) is 8.86. The molecule has 0 saturated carbocycles. The molecule has 0 aliphatic carbocycles. The average molecular weight is 306 g/mol. The van der Waals surface area contributed by atoms with Crippen LogP contribution in [0.2, 0.25) is 0 Å². The third-order valence-corrected chi connectivity index (χ3v) is 2.39. The second kappa shape index (κ2) is 8.11. The number of hydrogen-bond acceptors (Lipinski definition) is 0. The molecule has 0 aromatic heterocycles. The van der Waals surface area contributed by atoms with E-state index in [1.165, 1.54) is 0 Å². The highest BCUT2D eigenvalue weighted by Crippen LogP contribution is 2.11. The first kappa shape index (κ1) is 21.9. The van der Waals surface area contributed by atoms with Crippen molar-refractivity contribution in [3.8, 4) is 0 Å². The molecule has 0 amide bonds. The highest BCUT2D eigenvalue weighted by atomic mass is 35.5. The molecule has 0 radical (unpaired) electrons. The van der Waals surface area contributed by atoms with Crippen LogP contribution < -0.4 is 28.0 Å². The number of halogens is 1. The lowest BCUT2D eigenvalue weighted by atomic mass is 9.96. The Morgan fingerprint density at radius 1 is 0.700 bits per heavy atom. The zero-order valence-electron chi connectivity index (χ0n) is 15.0. The Hall–Kier alpha value is -0.440. The summed E-state index contributed by atoms with van der Waals surface area (Å²) in [6.45, 7) is 23.0. The first-order valence-corrected chi connectivity index (χ1v) is 7.37. The van der Waals surface area contributed by atoms with E-state index in [0.717, 1.165) is 25.6 Å². The van der Waals surface area contributed by atoms with Crippen LogP contribution >= 0.6 is 0 Å². The van der Waals surface area contributed by atoms with Crippen LogP contribution in [0.4, 0.5) is 0 Å². The van der Waals surface area contributed by atoms with Crippen molar-refractivity contribution in [2.45, 2.75) is 62.3 Å². The Balaban J connectivity index is 0. The molecular weight excluding hydrogens is 270 g/mol. The molecule has 0 atom stereocenters. The van der Waals surface area contributed by atoms with Crippen LogP contribution in [-0.2, 0) is 0 Å². The van der Waals surface area contributed by atoms with E-state index in [4.69, 9.17) is 0 Å². The summed E-state index contributed by atoms with van der Waals surface area (Å²) in [6.07, 6.45) is 0. The summed E-state index contributed by atoms with van der Waals surface area (Å²) in [6, 6.07) is 0. The standard InChI is InChI=1S/C16H35N3.ClH/c1-14(2,3)10-17-13(18-11-15(4,5)6)19-12-16(7,8)9;/h10-12H2,1-9H3,(H2,17,18,19);1H. The van der Waals surface area contributed by atoms with E-state index in [2.05, 4.69) is 77.9 Å². The minimum Gasteiger partial charge on any atom is -1.00 e. The van der Waals surface area contributed by atoms with Gasteiger partial charge in [0.1, 0.15) is 0 Å². The fourth-order valence-corrected chi connectivity index (χ4v) is 1.25. The van der Waals surface area contributed by atoms with E-state index in [9.17, 15) is 0 Å². The largest absolute Gasteiger partial charge is 1.00 e. The predicted molar refractivity (Wildman–Crippen MR) is 85.2 cm³/mol. The monoisotopic (exact) mass is 305 g/mol. The number of nitrogens with one attached hydrogen (secondary N) is 3. The molecule has 122 valence electrons. The van der Waals surface area contributed by atoms with Gasteiger partial charge in [-0.3, -0.25) is 15.6 Å². The number of guanidine groups is 1. The van der Waals surface area contributed by atoms with Crippen LogP contribution in [0.5, 0.6) is 0 Å². The molecule has 0 saturated heterocycles. The zero-order chi connectivity index (χ0) is 15.3. The van der Waals surface area contributed by atoms with Crippen molar-refractivity contribution in [2.75, 3.05) is 19.6 Å². The normalized spacial score (nSPS) is 12.4. The van der Waals surface area contributed by atoms with Gasteiger partial charge in [-0.1, -0.05) is 62.3 Å². The van der Waals surface area contributed by atoms with Gasteiger partial charge in [0.05, 0.1) is 19.6 Å². The van der Waals surface area contributed by atoms with Gasteiger partial charge in [0.15, 0.2) is 0 Å². The maximum absolute atomic E-state index is 3.50. The zero-order valence-corrected chi connectivity index (χ0v) is 15.8. The molecule has 0 unspecified atom stereocenters. The highest BCUT2D eigenvalue weighted by Gasteiger charge is 2.19. The molecule has 0 fully saturated rings. The SMILES string of the molecule is CC(C)(C)CNC(NCC(C)(C)C)=[NH+]CC(C)(C)C.[Cl-]. The minimum absolute atomic E-state index is 0. The van der Waals surface area contributed by atoms with Gasteiger partial charge in [0, 0.05) is 0 Å². The Labute approximate surface area is 132 Å². The van der Waals surface area contributed by atoms with E-state index in [1.807, 2.05) is 0 Å². The molecule has 20 heavy (non-hydrogen) atoms. The number of rotatable bonds is 3. The maximum Gasteiger partial charge on any atom is 0.343 e. The van der Waals surface area contributed by atoms with Gasteiger partial charge >= 0.3 is 5.96 Å². The van der Waals surface area contributed by atoms with Crippen LogP contribution in [0, 0.1) is 16.2 Å². The van der Waals surface area contributed by atoms with Gasteiger partial charge < -0.3 is 12.4 Å². The maximum atomic E-state index is 3.50. The summed E-state index contributed by atoms with van der Waals surface area (Å²) in [5, 5.41) is 7.00. The van der Waals surface area contributed by atoms with Crippen LogP contribution in [0.3, 0.4) is 0 Å². The summed E-state index contributed by atoms with van der Waals surface area (Å²) in [5.74, 6) is 1.06. The van der Waals surface area contributed by atoms with Crippen LogP contribution in [0.1, 0.15) is 62.3 Å². The van der Waals surface area contributed by atoms with E-state index < -0.39 is 0 Å². The van der Waals surface area contributed by atoms with Gasteiger partial charge in [-0.15, -0.1) is 0 Å². The van der Waals surface area contributed by atoms with Crippen molar-refractivity contribution >= 4 is 5.96 Å². The van der Waals surface area contributed by atoms with E-state index in [1.54, 1.807) is 0 Å². The first-order chi connectivity index (χ1) is 8.29. The first-order valence-electron chi connectivity index (χ1n) is 7.37. The van der Waals surface area contributed by atoms with E-state index >= 15 is 0 Å². The topological polar surface area (TPSA) is 38.0 Å². The molecule has 4 heteroatoms. The van der Waals surface area contributed by atoms with Crippen molar-refractivity contribution in [1.29, 1.82) is 0 Å². The fourth-order valence-electron chi connectivity index (χ4n) is 1.25. The van der Waals surface area contributed by atoms with Crippen LogP contribution in [0.15, 0.2) is 0 Å². The van der Waals surface area contributed by atoms with Crippen molar-refractivity contribution in [3.05, 3.63) is 0 Å². The second-order valence-corrected chi connectivity index (χ2v) is 9.12. The average Bonchev–Trinajstić information content (AvgIpc) is 2.11. The lowest BCUT2D eigenvalue weighted by Crippen LogP contribution is -3.00. The molecule has 0 aliphatic heterocycles. The van der Waals surface area contributed by atoms with E-state index in [0.29, 0.717) is 0 Å². The lowest BCUT2D eigenvalue weighted by molar-refractivity contribution is -0.478. The van der Waals surface area contributed by atoms with Gasteiger partial charge in [-0.05, 0) is 16.2 Å². The molecule has 3 nitrogen and oxygen atoms in total. The Morgan fingerprint density at radius 3 is 1.30 bits per heavy atom. The van der Waals surface area contributed by atoms with Crippen molar-refractivity contribution in [2.24, 2.45) is 16.2 Å². The predicted octanol–water partition coefficient (Wildman–Crippen LogP) is -1.26. The highest BCUT2D eigenvalue weighted by molar-refractivity contribution is 5.73. The molecule has 0 heterocycles. The van der Waals surface area contributed by atoms with Crippen LogP contribution in [-0.4, -0.2) is 25.6 Å². The van der Waals surface area contributed by atoms with Crippen molar-refractivity contribution < 1.29 is 17.4 Å².